The molecule has 2 N–H and O–H groups in total. The maximum atomic E-state index is 12.8. The second kappa shape index (κ2) is 9.19. The Labute approximate surface area is 174 Å². The predicted molar refractivity (Wildman–Crippen MR) is 112 cm³/mol. The second-order valence-electron chi connectivity index (χ2n) is 7.44. The molecule has 7 heteroatoms. The van der Waals surface area contributed by atoms with Crippen molar-refractivity contribution in [3.8, 4) is 0 Å². The quantitative estimate of drug-likeness (QED) is 0.716. The number of ether oxygens (including phenoxy) is 2. The molecular formula is C23H24N2O5. The first-order chi connectivity index (χ1) is 14.6. The molecule has 2 heterocycles. The smallest absolute Gasteiger partial charge is 0.253 e. The average molecular weight is 408 g/mol. The normalized spacial score (nSPS) is 20.7. The Bertz CT molecular complexity index is 932. The fourth-order valence-electron chi connectivity index (χ4n) is 3.65. The van der Waals surface area contributed by atoms with E-state index in [4.69, 9.17) is 9.47 Å². The highest BCUT2D eigenvalue weighted by Gasteiger charge is 2.27. The van der Waals surface area contributed by atoms with Gasteiger partial charge in [-0.1, -0.05) is 30.3 Å². The van der Waals surface area contributed by atoms with Gasteiger partial charge in [-0.15, -0.1) is 0 Å². The largest absolute Gasteiger partial charge is 0.368 e. The molecule has 30 heavy (non-hydrogen) atoms. The molecule has 0 spiro atoms. The molecule has 2 amide bonds. The predicted octanol–water partition coefficient (Wildman–Crippen LogP) is 3.15. The lowest BCUT2D eigenvalue weighted by atomic mass is 10.0. The van der Waals surface area contributed by atoms with Crippen LogP contribution in [0.4, 0.5) is 11.4 Å². The number of anilines is 2. The minimum Gasteiger partial charge on any atom is -0.368 e. The summed E-state index contributed by atoms with van der Waals surface area (Å²) in [6.45, 7) is 1.11. The van der Waals surface area contributed by atoms with Gasteiger partial charge in [0, 0.05) is 24.3 Å². The summed E-state index contributed by atoms with van der Waals surface area (Å²) in [5.41, 5.74) is 1.75. The Morgan fingerprint density at radius 3 is 1.90 bits per heavy atom. The molecule has 2 aliphatic rings. The monoisotopic (exact) mass is 408 g/mol. The van der Waals surface area contributed by atoms with Gasteiger partial charge >= 0.3 is 0 Å². The summed E-state index contributed by atoms with van der Waals surface area (Å²) in [5.74, 6) is -0.716. The number of amides is 2. The highest BCUT2D eigenvalue weighted by molar-refractivity contribution is 6.11. The number of carbonyl (C=O) groups excluding carboxylic acids is 3. The van der Waals surface area contributed by atoms with Crippen molar-refractivity contribution in [2.75, 3.05) is 23.8 Å². The van der Waals surface area contributed by atoms with Crippen LogP contribution in [0.5, 0.6) is 0 Å². The zero-order chi connectivity index (χ0) is 20.9. The van der Waals surface area contributed by atoms with E-state index in [9.17, 15) is 14.4 Å². The van der Waals surface area contributed by atoms with E-state index in [0.717, 1.165) is 12.8 Å². The van der Waals surface area contributed by atoms with Gasteiger partial charge in [-0.25, -0.2) is 0 Å². The standard InChI is InChI=1S/C23H24N2O5/c26-21(15-6-2-1-3-7-15)16-10-11-17(24-22(27)19-8-4-12-29-19)18(14-16)25-23(28)20-9-5-13-30-20/h1-3,6-7,10-11,14,19-20H,4-5,8-9,12-13H2,(H,24,27)(H,25,28)/t19-,20+/m1/s1. The summed E-state index contributed by atoms with van der Waals surface area (Å²) in [6.07, 6.45) is 1.94. The molecule has 0 unspecified atom stereocenters. The molecule has 0 radical (unpaired) electrons. The van der Waals surface area contributed by atoms with Crippen molar-refractivity contribution in [3.63, 3.8) is 0 Å². The van der Waals surface area contributed by atoms with Crippen molar-refractivity contribution in [2.45, 2.75) is 37.9 Å². The molecule has 0 bridgehead atoms. The minimum atomic E-state index is -0.528. The third-order valence-electron chi connectivity index (χ3n) is 5.28. The van der Waals surface area contributed by atoms with E-state index in [-0.39, 0.29) is 17.6 Å². The van der Waals surface area contributed by atoms with Gasteiger partial charge < -0.3 is 20.1 Å². The number of ketones is 1. The Hall–Kier alpha value is -3.03. The van der Waals surface area contributed by atoms with Gasteiger partial charge in [-0.05, 0) is 43.9 Å². The number of carbonyl (C=O) groups is 3. The van der Waals surface area contributed by atoms with E-state index >= 15 is 0 Å². The lowest BCUT2D eigenvalue weighted by Gasteiger charge is -2.17. The van der Waals surface area contributed by atoms with Crippen LogP contribution in [0.1, 0.15) is 41.6 Å². The molecule has 156 valence electrons. The molecule has 7 nitrogen and oxygen atoms in total. The first-order valence-corrected chi connectivity index (χ1v) is 10.2. The molecule has 2 aromatic rings. The Morgan fingerprint density at radius 2 is 1.33 bits per heavy atom. The van der Waals surface area contributed by atoms with E-state index in [0.29, 0.717) is 48.6 Å². The average Bonchev–Trinajstić information content (AvgIpc) is 3.49. The van der Waals surface area contributed by atoms with Gasteiger partial charge in [-0.2, -0.15) is 0 Å². The van der Waals surface area contributed by atoms with Crippen LogP contribution in [0.25, 0.3) is 0 Å². The van der Waals surface area contributed by atoms with Crippen LogP contribution in [0.15, 0.2) is 48.5 Å². The number of hydrogen-bond donors (Lipinski definition) is 2. The van der Waals surface area contributed by atoms with Crippen LogP contribution in [-0.2, 0) is 19.1 Å². The molecular weight excluding hydrogens is 384 g/mol. The lowest BCUT2D eigenvalue weighted by molar-refractivity contribution is -0.125. The van der Waals surface area contributed by atoms with E-state index in [1.807, 2.05) is 6.07 Å². The number of rotatable bonds is 6. The van der Waals surface area contributed by atoms with Crippen LogP contribution in [-0.4, -0.2) is 43.0 Å². The van der Waals surface area contributed by atoms with Gasteiger partial charge in [0.15, 0.2) is 5.78 Å². The summed E-state index contributed by atoms with van der Waals surface area (Å²) in [5, 5.41) is 5.65. The molecule has 2 fully saturated rings. The van der Waals surface area contributed by atoms with Gasteiger partial charge in [0.25, 0.3) is 11.8 Å². The molecule has 0 aromatic heterocycles. The summed E-state index contributed by atoms with van der Waals surface area (Å²) in [4.78, 5) is 37.9. The topological polar surface area (TPSA) is 93.7 Å². The van der Waals surface area contributed by atoms with Crippen molar-refractivity contribution < 1.29 is 23.9 Å². The third-order valence-corrected chi connectivity index (χ3v) is 5.28. The molecule has 0 aliphatic carbocycles. The lowest BCUT2D eigenvalue weighted by Crippen LogP contribution is -2.29. The van der Waals surface area contributed by atoms with Crippen molar-refractivity contribution in [2.24, 2.45) is 0 Å². The maximum Gasteiger partial charge on any atom is 0.253 e. The zero-order valence-corrected chi connectivity index (χ0v) is 16.6. The van der Waals surface area contributed by atoms with Gasteiger partial charge in [0.05, 0.1) is 11.4 Å². The molecule has 2 aliphatic heterocycles. The first-order valence-electron chi connectivity index (χ1n) is 10.2. The van der Waals surface area contributed by atoms with Crippen molar-refractivity contribution in [1.29, 1.82) is 0 Å². The van der Waals surface area contributed by atoms with Crippen molar-refractivity contribution in [1.82, 2.24) is 0 Å². The summed E-state index contributed by atoms with van der Waals surface area (Å²) < 4.78 is 10.9. The first kappa shape index (κ1) is 20.3. The Kier molecular flexibility index (Phi) is 6.21. The van der Waals surface area contributed by atoms with Crippen molar-refractivity contribution in [3.05, 3.63) is 59.7 Å². The van der Waals surface area contributed by atoms with E-state index < -0.39 is 12.2 Å². The Balaban J connectivity index is 1.59. The van der Waals surface area contributed by atoms with Crippen molar-refractivity contribution >= 4 is 29.0 Å². The molecule has 2 atom stereocenters. The highest BCUT2D eigenvalue weighted by Crippen LogP contribution is 2.27. The molecule has 2 saturated heterocycles. The number of benzene rings is 2. The van der Waals surface area contributed by atoms with Gasteiger partial charge in [0.1, 0.15) is 12.2 Å². The van der Waals surface area contributed by atoms with E-state index in [1.165, 1.54) is 0 Å². The van der Waals surface area contributed by atoms with E-state index in [2.05, 4.69) is 10.6 Å². The fraction of sp³-hybridized carbons (Fsp3) is 0.348. The minimum absolute atomic E-state index is 0.166. The van der Waals surface area contributed by atoms with Crippen LogP contribution in [0.2, 0.25) is 0 Å². The molecule has 4 rings (SSSR count). The fourth-order valence-corrected chi connectivity index (χ4v) is 3.65. The van der Waals surface area contributed by atoms with Gasteiger partial charge in [0.2, 0.25) is 0 Å². The number of nitrogens with one attached hydrogen (secondary N) is 2. The maximum absolute atomic E-state index is 12.8. The summed E-state index contributed by atoms with van der Waals surface area (Å²) in [7, 11) is 0. The van der Waals surface area contributed by atoms with Crippen LogP contribution < -0.4 is 10.6 Å². The highest BCUT2D eigenvalue weighted by atomic mass is 16.5. The second-order valence-corrected chi connectivity index (χ2v) is 7.44. The third kappa shape index (κ3) is 4.58. The van der Waals surface area contributed by atoms with Crippen LogP contribution >= 0.6 is 0 Å². The van der Waals surface area contributed by atoms with Crippen LogP contribution in [0, 0.1) is 0 Å². The van der Waals surface area contributed by atoms with Gasteiger partial charge in [-0.3, -0.25) is 14.4 Å². The Morgan fingerprint density at radius 1 is 0.733 bits per heavy atom. The number of hydrogen-bond acceptors (Lipinski definition) is 5. The van der Waals surface area contributed by atoms with Crippen LogP contribution in [0.3, 0.4) is 0 Å². The zero-order valence-electron chi connectivity index (χ0n) is 16.6. The molecule has 0 saturated carbocycles. The SMILES string of the molecule is O=C(c1ccccc1)c1ccc(NC(=O)[C@H]2CCCO2)c(NC(=O)[C@@H]2CCCO2)c1. The summed E-state index contributed by atoms with van der Waals surface area (Å²) >= 11 is 0. The van der Waals surface area contributed by atoms with E-state index in [1.54, 1.807) is 42.5 Å². The molecule has 2 aromatic carbocycles. The summed E-state index contributed by atoms with van der Waals surface area (Å²) in [6, 6.07) is 13.8.